The van der Waals surface area contributed by atoms with Crippen LogP contribution >= 0.6 is 0 Å². The first-order valence-corrected chi connectivity index (χ1v) is 5.57. The number of benzene rings is 1. The van der Waals surface area contributed by atoms with Gasteiger partial charge in [-0.15, -0.1) is 0 Å². The maximum atomic E-state index is 5.81. The van der Waals surface area contributed by atoms with Gasteiger partial charge in [0.05, 0.1) is 12.2 Å². The third-order valence-electron chi connectivity index (χ3n) is 3.30. The van der Waals surface area contributed by atoms with Gasteiger partial charge in [0.25, 0.3) is 0 Å². The van der Waals surface area contributed by atoms with E-state index in [1.807, 2.05) is 12.1 Å². The number of morpholine rings is 1. The quantitative estimate of drug-likeness (QED) is 0.707. The fourth-order valence-electron chi connectivity index (χ4n) is 2.51. The van der Waals surface area contributed by atoms with Crippen molar-refractivity contribution < 1.29 is 4.74 Å². The summed E-state index contributed by atoms with van der Waals surface area (Å²) in [5.41, 5.74) is 7.78. The largest absolute Gasteiger partial charge is 0.399 e. The Kier molecular flexibility index (Phi) is 2.06. The number of hydrogen-bond acceptors (Lipinski definition) is 3. The van der Waals surface area contributed by atoms with E-state index in [0.717, 1.165) is 18.8 Å². The number of nitrogen functional groups attached to an aromatic ring is 1. The van der Waals surface area contributed by atoms with E-state index < -0.39 is 0 Å². The van der Waals surface area contributed by atoms with Crippen LogP contribution in [0, 0.1) is 0 Å². The molecule has 0 spiro atoms. The van der Waals surface area contributed by atoms with E-state index in [-0.39, 0.29) is 0 Å². The van der Waals surface area contributed by atoms with Crippen molar-refractivity contribution in [1.29, 1.82) is 0 Å². The summed E-state index contributed by atoms with van der Waals surface area (Å²) in [6, 6.07) is 8.12. The fourth-order valence-corrected chi connectivity index (χ4v) is 2.51. The first-order chi connectivity index (χ1) is 7.31. The maximum Gasteiger partial charge on any atom is 0.0755 e. The summed E-state index contributed by atoms with van der Waals surface area (Å²) >= 11 is 0. The molecule has 0 amide bonds. The van der Waals surface area contributed by atoms with Gasteiger partial charge in [-0.05, 0) is 37.1 Å². The lowest BCUT2D eigenvalue weighted by Crippen LogP contribution is -2.42. The standard InChI is InChI=1S/C12H16N2O/c13-9-1-3-10(4-2-9)14-7-11-5-6-12(8-14)15-11/h1-4,11-12H,5-8,13H2/t11-,12+. The summed E-state index contributed by atoms with van der Waals surface area (Å²) in [5, 5.41) is 0. The fraction of sp³-hybridized carbons (Fsp3) is 0.500. The zero-order valence-electron chi connectivity index (χ0n) is 8.73. The second kappa shape index (κ2) is 3.42. The Labute approximate surface area is 89.8 Å². The molecule has 2 fully saturated rings. The molecule has 3 heteroatoms. The van der Waals surface area contributed by atoms with Crippen molar-refractivity contribution in [2.24, 2.45) is 0 Å². The van der Waals surface area contributed by atoms with Crippen molar-refractivity contribution in [3.8, 4) is 0 Å². The predicted molar refractivity (Wildman–Crippen MR) is 61.0 cm³/mol. The monoisotopic (exact) mass is 204 g/mol. The van der Waals surface area contributed by atoms with Gasteiger partial charge in [-0.2, -0.15) is 0 Å². The van der Waals surface area contributed by atoms with Gasteiger partial charge in [0, 0.05) is 24.5 Å². The number of ether oxygens (including phenoxy) is 1. The average molecular weight is 204 g/mol. The van der Waals surface area contributed by atoms with Gasteiger partial charge < -0.3 is 15.4 Å². The average Bonchev–Trinajstić information content (AvgIpc) is 2.59. The lowest BCUT2D eigenvalue weighted by atomic mass is 10.2. The molecule has 2 atom stereocenters. The molecule has 0 aromatic heterocycles. The third-order valence-corrected chi connectivity index (χ3v) is 3.30. The second-order valence-corrected chi connectivity index (χ2v) is 4.45. The van der Waals surface area contributed by atoms with Gasteiger partial charge in [0.15, 0.2) is 0 Å². The number of anilines is 2. The molecule has 2 bridgehead atoms. The second-order valence-electron chi connectivity index (χ2n) is 4.45. The van der Waals surface area contributed by atoms with Crippen LogP contribution in [-0.4, -0.2) is 25.3 Å². The van der Waals surface area contributed by atoms with E-state index in [9.17, 15) is 0 Å². The summed E-state index contributed by atoms with van der Waals surface area (Å²) in [6.07, 6.45) is 3.33. The van der Waals surface area contributed by atoms with Crippen molar-refractivity contribution >= 4 is 11.4 Å². The van der Waals surface area contributed by atoms with E-state index >= 15 is 0 Å². The van der Waals surface area contributed by atoms with Gasteiger partial charge in [-0.25, -0.2) is 0 Å². The summed E-state index contributed by atoms with van der Waals surface area (Å²) in [4.78, 5) is 2.41. The molecule has 2 aliphatic heterocycles. The number of nitrogens with zero attached hydrogens (tertiary/aromatic N) is 1. The Bertz CT molecular complexity index is 337. The molecule has 2 heterocycles. The Morgan fingerprint density at radius 3 is 2.27 bits per heavy atom. The molecular weight excluding hydrogens is 188 g/mol. The van der Waals surface area contributed by atoms with Crippen LogP contribution in [-0.2, 0) is 4.74 Å². The SMILES string of the molecule is Nc1ccc(N2C[C@H]3CC[C@@H](C2)O3)cc1. The number of rotatable bonds is 1. The van der Waals surface area contributed by atoms with Crippen LogP contribution in [0.3, 0.4) is 0 Å². The van der Waals surface area contributed by atoms with Crippen LogP contribution in [0.25, 0.3) is 0 Å². The van der Waals surface area contributed by atoms with Gasteiger partial charge in [-0.3, -0.25) is 0 Å². The number of hydrogen-bond donors (Lipinski definition) is 1. The molecule has 2 N–H and O–H groups in total. The number of nitrogens with two attached hydrogens (primary N) is 1. The van der Waals surface area contributed by atoms with Crippen molar-refractivity contribution in [1.82, 2.24) is 0 Å². The molecule has 1 aromatic carbocycles. The summed E-state index contributed by atoms with van der Waals surface area (Å²) in [5.74, 6) is 0. The lowest BCUT2D eigenvalue weighted by Gasteiger charge is -2.33. The van der Waals surface area contributed by atoms with Crippen LogP contribution < -0.4 is 10.6 Å². The first kappa shape index (κ1) is 9.04. The van der Waals surface area contributed by atoms with Crippen LogP contribution in [0.1, 0.15) is 12.8 Å². The van der Waals surface area contributed by atoms with Crippen molar-refractivity contribution in [3.63, 3.8) is 0 Å². The maximum absolute atomic E-state index is 5.81. The first-order valence-electron chi connectivity index (χ1n) is 5.57. The molecular formula is C12H16N2O. The molecule has 2 saturated heterocycles. The van der Waals surface area contributed by atoms with Crippen LogP contribution in [0.5, 0.6) is 0 Å². The molecule has 0 radical (unpaired) electrons. The molecule has 1 aromatic rings. The van der Waals surface area contributed by atoms with Gasteiger partial charge in [0.2, 0.25) is 0 Å². The molecule has 80 valence electrons. The predicted octanol–water partition coefficient (Wildman–Crippen LogP) is 1.64. The molecule has 3 nitrogen and oxygen atoms in total. The van der Waals surface area contributed by atoms with Gasteiger partial charge in [0.1, 0.15) is 0 Å². The Hall–Kier alpha value is -1.22. The lowest BCUT2D eigenvalue weighted by molar-refractivity contribution is 0.0305. The topological polar surface area (TPSA) is 38.5 Å². The van der Waals surface area contributed by atoms with Gasteiger partial charge >= 0.3 is 0 Å². The van der Waals surface area contributed by atoms with E-state index in [1.165, 1.54) is 18.5 Å². The highest BCUT2D eigenvalue weighted by atomic mass is 16.5. The molecule has 2 aliphatic rings. The molecule has 0 aliphatic carbocycles. The molecule has 0 saturated carbocycles. The number of fused-ring (bicyclic) bond motifs is 2. The highest BCUT2D eigenvalue weighted by Gasteiger charge is 2.33. The van der Waals surface area contributed by atoms with E-state index in [4.69, 9.17) is 10.5 Å². The Balaban J connectivity index is 1.80. The van der Waals surface area contributed by atoms with Crippen LogP contribution in [0.2, 0.25) is 0 Å². The minimum atomic E-state index is 0.446. The van der Waals surface area contributed by atoms with E-state index in [2.05, 4.69) is 17.0 Å². The molecule has 3 rings (SSSR count). The van der Waals surface area contributed by atoms with E-state index in [0.29, 0.717) is 12.2 Å². The summed E-state index contributed by atoms with van der Waals surface area (Å²) in [6.45, 7) is 2.06. The smallest absolute Gasteiger partial charge is 0.0755 e. The zero-order chi connectivity index (χ0) is 10.3. The highest BCUT2D eigenvalue weighted by molar-refractivity contribution is 5.53. The van der Waals surface area contributed by atoms with Crippen LogP contribution in [0.15, 0.2) is 24.3 Å². The van der Waals surface area contributed by atoms with Crippen LogP contribution in [0.4, 0.5) is 11.4 Å². The molecule has 15 heavy (non-hydrogen) atoms. The zero-order valence-corrected chi connectivity index (χ0v) is 8.73. The van der Waals surface area contributed by atoms with Crippen molar-refractivity contribution in [3.05, 3.63) is 24.3 Å². The third kappa shape index (κ3) is 1.67. The molecule has 0 unspecified atom stereocenters. The summed E-state index contributed by atoms with van der Waals surface area (Å²) in [7, 11) is 0. The Morgan fingerprint density at radius 2 is 1.67 bits per heavy atom. The highest BCUT2D eigenvalue weighted by Crippen LogP contribution is 2.29. The normalized spacial score (nSPS) is 29.5. The summed E-state index contributed by atoms with van der Waals surface area (Å²) < 4.78 is 5.81. The van der Waals surface area contributed by atoms with E-state index in [1.54, 1.807) is 0 Å². The Morgan fingerprint density at radius 1 is 1.07 bits per heavy atom. The van der Waals surface area contributed by atoms with Crippen molar-refractivity contribution in [2.75, 3.05) is 23.7 Å². The van der Waals surface area contributed by atoms with Crippen molar-refractivity contribution in [2.45, 2.75) is 25.0 Å². The minimum Gasteiger partial charge on any atom is -0.399 e. The minimum absolute atomic E-state index is 0.446. The van der Waals surface area contributed by atoms with Gasteiger partial charge in [-0.1, -0.05) is 0 Å².